The molecule has 0 N–H and O–H groups in total. The number of aryl methyl sites for hydroxylation is 1. The van der Waals surface area contributed by atoms with Gasteiger partial charge in [0, 0.05) is 39.4 Å². The Morgan fingerprint density at radius 2 is 1.67 bits per heavy atom. The first-order valence-corrected chi connectivity index (χ1v) is 9.00. The van der Waals surface area contributed by atoms with Gasteiger partial charge in [0.1, 0.15) is 11.5 Å². The van der Waals surface area contributed by atoms with Gasteiger partial charge in [-0.15, -0.1) is 0 Å². The molecule has 0 spiro atoms. The van der Waals surface area contributed by atoms with Crippen molar-refractivity contribution in [2.45, 2.75) is 4.90 Å². The minimum Gasteiger partial charge on any atom is -0.347 e. The van der Waals surface area contributed by atoms with Gasteiger partial charge in [-0.2, -0.15) is 4.31 Å². The van der Waals surface area contributed by atoms with Gasteiger partial charge in [0.15, 0.2) is 0 Å². The van der Waals surface area contributed by atoms with E-state index < -0.39 is 15.8 Å². The number of hydrogen-bond acceptors (Lipinski definition) is 3. The average Bonchev–Trinajstić information content (AvgIpc) is 3.01. The van der Waals surface area contributed by atoms with Crippen LogP contribution in [0.5, 0.6) is 0 Å². The molecule has 1 saturated heterocycles. The summed E-state index contributed by atoms with van der Waals surface area (Å²) in [5, 5.41) is 0. The number of rotatable bonds is 3. The van der Waals surface area contributed by atoms with Gasteiger partial charge in [-0.3, -0.25) is 4.79 Å². The normalized spacial score (nSPS) is 16.3. The molecule has 6 nitrogen and oxygen atoms in total. The first-order valence-electron chi connectivity index (χ1n) is 7.56. The highest BCUT2D eigenvalue weighted by Gasteiger charge is 2.30. The van der Waals surface area contributed by atoms with E-state index in [9.17, 15) is 17.6 Å². The summed E-state index contributed by atoms with van der Waals surface area (Å²) >= 11 is 0. The number of carbonyl (C=O) groups excluding carboxylic acids is 1. The highest BCUT2D eigenvalue weighted by molar-refractivity contribution is 7.89. The number of amides is 1. The van der Waals surface area contributed by atoms with Crippen LogP contribution in [-0.4, -0.2) is 54.3 Å². The lowest BCUT2D eigenvalue weighted by Crippen LogP contribution is -2.50. The molecule has 0 unspecified atom stereocenters. The summed E-state index contributed by atoms with van der Waals surface area (Å²) in [6, 6.07) is 8.30. The maximum atomic E-state index is 13.0. The molecule has 0 atom stereocenters. The molecular formula is C16H18FN3O3S. The Balaban J connectivity index is 1.69. The van der Waals surface area contributed by atoms with Crippen molar-refractivity contribution in [2.24, 2.45) is 7.05 Å². The molecule has 1 aromatic heterocycles. The molecule has 128 valence electrons. The molecule has 2 aromatic rings. The van der Waals surface area contributed by atoms with Gasteiger partial charge in [0.25, 0.3) is 5.91 Å². The molecule has 0 radical (unpaired) electrons. The van der Waals surface area contributed by atoms with Crippen molar-refractivity contribution >= 4 is 15.9 Å². The highest BCUT2D eigenvalue weighted by Crippen LogP contribution is 2.19. The summed E-state index contributed by atoms with van der Waals surface area (Å²) in [5.74, 6) is -0.590. The maximum absolute atomic E-state index is 13.0. The minimum absolute atomic E-state index is 0.0612. The van der Waals surface area contributed by atoms with E-state index >= 15 is 0 Å². The number of halogens is 1. The van der Waals surface area contributed by atoms with Crippen molar-refractivity contribution < 1.29 is 17.6 Å². The number of aromatic nitrogens is 1. The van der Waals surface area contributed by atoms with Crippen LogP contribution in [0.25, 0.3) is 0 Å². The fourth-order valence-electron chi connectivity index (χ4n) is 2.73. The highest BCUT2D eigenvalue weighted by atomic mass is 32.2. The molecule has 0 bridgehead atoms. The second-order valence-electron chi connectivity index (χ2n) is 5.65. The first kappa shape index (κ1) is 16.7. The topological polar surface area (TPSA) is 62.6 Å². The molecule has 0 aliphatic carbocycles. The fraction of sp³-hybridized carbons (Fsp3) is 0.312. The van der Waals surface area contributed by atoms with Gasteiger partial charge in [-0.1, -0.05) is 0 Å². The Hall–Kier alpha value is -2.19. The second-order valence-corrected chi connectivity index (χ2v) is 7.59. The first-order chi connectivity index (χ1) is 11.4. The molecule has 1 fully saturated rings. The molecular weight excluding hydrogens is 333 g/mol. The van der Waals surface area contributed by atoms with E-state index in [2.05, 4.69) is 0 Å². The van der Waals surface area contributed by atoms with E-state index in [1.807, 2.05) is 0 Å². The van der Waals surface area contributed by atoms with Crippen LogP contribution in [-0.2, 0) is 17.1 Å². The van der Waals surface area contributed by atoms with E-state index in [4.69, 9.17) is 0 Å². The standard InChI is InChI=1S/C16H18FN3O3S/c1-18-8-2-3-15(18)16(21)19-9-11-20(12-10-19)24(22,23)14-6-4-13(17)5-7-14/h2-8H,9-12H2,1H3. The Morgan fingerprint density at radius 3 is 2.21 bits per heavy atom. The SMILES string of the molecule is Cn1cccc1C(=O)N1CCN(S(=O)(=O)c2ccc(F)cc2)CC1. The number of hydrogen-bond donors (Lipinski definition) is 0. The van der Waals surface area contributed by atoms with Crippen molar-refractivity contribution in [1.82, 2.24) is 13.8 Å². The van der Waals surface area contributed by atoms with Crippen LogP contribution >= 0.6 is 0 Å². The molecule has 1 aliphatic rings. The van der Waals surface area contributed by atoms with Crippen molar-refractivity contribution in [3.05, 3.63) is 54.1 Å². The van der Waals surface area contributed by atoms with Gasteiger partial charge in [0.2, 0.25) is 10.0 Å². The van der Waals surface area contributed by atoms with Crippen LogP contribution in [0.15, 0.2) is 47.5 Å². The van der Waals surface area contributed by atoms with Crippen LogP contribution in [0.1, 0.15) is 10.5 Å². The van der Waals surface area contributed by atoms with Crippen molar-refractivity contribution in [2.75, 3.05) is 26.2 Å². The van der Waals surface area contributed by atoms with Crippen LogP contribution in [0.4, 0.5) is 4.39 Å². The smallest absolute Gasteiger partial charge is 0.270 e. The molecule has 2 heterocycles. The molecule has 3 rings (SSSR count). The zero-order valence-electron chi connectivity index (χ0n) is 13.2. The number of carbonyl (C=O) groups is 1. The number of nitrogens with zero attached hydrogens (tertiary/aromatic N) is 3. The largest absolute Gasteiger partial charge is 0.347 e. The van der Waals surface area contributed by atoms with Crippen molar-refractivity contribution in [1.29, 1.82) is 0 Å². The predicted molar refractivity (Wildman–Crippen MR) is 86.5 cm³/mol. The summed E-state index contributed by atoms with van der Waals surface area (Å²) in [5.41, 5.74) is 0.574. The van der Waals surface area contributed by atoms with Crippen LogP contribution in [0.2, 0.25) is 0 Å². The quantitative estimate of drug-likeness (QED) is 0.838. The zero-order valence-corrected chi connectivity index (χ0v) is 14.0. The maximum Gasteiger partial charge on any atom is 0.270 e. The number of sulfonamides is 1. The summed E-state index contributed by atoms with van der Waals surface area (Å²) in [6.07, 6.45) is 1.79. The third-order valence-electron chi connectivity index (χ3n) is 4.14. The molecule has 1 aromatic carbocycles. The van der Waals surface area contributed by atoms with Gasteiger partial charge in [-0.25, -0.2) is 12.8 Å². The van der Waals surface area contributed by atoms with Gasteiger partial charge >= 0.3 is 0 Å². The van der Waals surface area contributed by atoms with E-state index in [-0.39, 0.29) is 23.9 Å². The molecule has 24 heavy (non-hydrogen) atoms. The van der Waals surface area contributed by atoms with Gasteiger partial charge in [-0.05, 0) is 36.4 Å². The monoisotopic (exact) mass is 351 g/mol. The van der Waals surface area contributed by atoms with E-state index in [1.165, 1.54) is 16.4 Å². The summed E-state index contributed by atoms with van der Waals surface area (Å²) in [4.78, 5) is 14.1. The molecule has 0 saturated carbocycles. The molecule has 1 amide bonds. The Morgan fingerprint density at radius 1 is 1.04 bits per heavy atom. The summed E-state index contributed by atoms with van der Waals surface area (Å²) in [7, 11) is -1.87. The summed E-state index contributed by atoms with van der Waals surface area (Å²) < 4.78 is 41.1. The lowest BCUT2D eigenvalue weighted by molar-refractivity contribution is 0.0688. The predicted octanol–water partition coefficient (Wildman–Crippen LogP) is 1.31. The van der Waals surface area contributed by atoms with Crippen molar-refractivity contribution in [3.8, 4) is 0 Å². The molecule has 8 heteroatoms. The Labute approximate surface area is 140 Å². The lowest BCUT2D eigenvalue weighted by Gasteiger charge is -2.34. The van der Waals surface area contributed by atoms with E-state index in [0.717, 1.165) is 12.1 Å². The third kappa shape index (κ3) is 3.07. The molecule has 1 aliphatic heterocycles. The number of piperazine rings is 1. The number of benzene rings is 1. The van der Waals surface area contributed by atoms with E-state index in [0.29, 0.717) is 18.8 Å². The van der Waals surface area contributed by atoms with Crippen LogP contribution in [0.3, 0.4) is 0 Å². The van der Waals surface area contributed by atoms with E-state index in [1.54, 1.807) is 34.8 Å². The van der Waals surface area contributed by atoms with Gasteiger partial charge in [0.05, 0.1) is 4.90 Å². The third-order valence-corrected chi connectivity index (χ3v) is 6.05. The van der Waals surface area contributed by atoms with Crippen molar-refractivity contribution in [3.63, 3.8) is 0 Å². The Bertz CT molecular complexity index is 838. The van der Waals surface area contributed by atoms with Crippen LogP contribution in [0, 0.1) is 5.82 Å². The lowest BCUT2D eigenvalue weighted by atomic mass is 10.3. The average molecular weight is 351 g/mol. The minimum atomic E-state index is -3.67. The fourth-order valence-corrected chi connectivity index (χ4v) is 4.15. The van der Waals surface area contributed by atoms with Gasteiger partial charge < -0.3 is 9.47 Å². The van der Waals surface area contributed by atoms with Crippen LogP contribution < -0.4 is 0 Å². The zero-order chi connectivity index (χ0) is 17.3. The Kier molecular flexibility index (Phi) is 4.42. The second kappa shape index (κ2) is 6.37. The summed E-state index contributed by atoms with van der Waals surface area (Å²) in [6.45, 7) is 1.08.